The van der Waals surface area contributed by atoms with Gasteiger partial charge in [0.25, 0.3) is 0 Å². The predicted molar refractivity (Wildman–Crippen MR) is 379 cm³/mol. The number of halogens is 2. The van der Waals surface area contributed by atoms with Crippen molar-refractivity contribution in [3.8, 4) is 0 Å². The maximum absolute atomic E-state index is 12.3. The van der Waals surface area contributed by atoms with Crippen LogP contribution in [0.15, 0.2) is 20.3 Å². The Morgan fingerprint density at radius 3 is 1.01 bits per heavy atom. The molecule has 21 heteroatoms. The number of methoxy groups -OCH3 is 1. The van der Waals surface area contributed by atoms with Crippen molar-refractivity contribution in [1.82, 2.24) is 0 Å². The standard InChI is InChI=1S/C32H63IO7Si3.C31H61IO6Si3/c1-30(2,3)41(11,12)38-24(19-20-33)27-29(40-43(15,16)32(7,8)9)28(39-42(13,14)31(4,5)6)26-23(37-27)18-17-22(36-26)21-25(34)35-10;1-29(2,3)39(10,11)36-24(18-20-32)26-28(38-41(14,15)31(7,8)9)27(37-40(12,13)30(4,5)6)25-23(35-26)17-16-22(34-25)19-21-33/h19-20,22-24,26-29H,17-18,21H2,1-16H3;18,20-28H,16-17,19H2,1-15H3/b20-19+;20-18+/t22?,23-,24-,26-,27?,28-,29+;22?,23-,24-,25-,26?,27-,28+/m00/s1. The minimum Gasteiger partial charge on any atom is -0.469 e. The van der Waals surface area contributed by atoms with E-state index < -0.39 is 56.0 Å². The van der Waals surface area contributed by atoms with Crippen molar-refractivity contribution in [2.24, 2.45) is 0 Å². The Kier molecular flexibility index (Phi) is 27.8. The lowest BCUT2D eigenvalue weighted by molar-refractivity contribution is -0.266. The van der Waals surface area contributed by atoms with Gasteiger partial charge in [-0.3, -0.25) is 4.79 Å². The zero-order valence-corrected chi connectivity index (χ0v) is 69.1. The smallest absolute Gasteiger partial charge is 0.308 e. The fourth-order valence-electron chi connectivity index (χ4n) is 9.40. The maximum Gasteiger partial charge on any atom is 0.308 e. The van der Waals surface area contributed by atoms with E-state index in [0.29, 0.717) is 6.42 Å². The maximum atomic E-state index is 12.3. The molecular weight excluding hydrogens is 1390 g/mol. The Morgan fingerprint density at radius 1 is 0.452 bits per heavy atom. The van der Waals surface area contributed by atoms with E-state index in [1.165, 1.54) is 7.11 Å². The van der Waals surface area contributed by atoms with E-state index in [4.69, 9.17) is 50.2 Å². The minimum absolute atomic E-state index is 0.00170. The molecule has 0 aliphatic carbocycles. The highest BCUT2D eigenvalue weighted by atomic mass is 127. The molecular formula is C63H124I2O13Si6. The summed E-state index contributed by atoms with van der Waals surface area (Å²) in [4.78, 5) is 23.8. The monoisotopic (exact) mass is 1510 g/mol. The van der Waals surface area contributed by atoms with Crippen molar-refractivity contribution in [2.45, 2.75) is 357 Å². The molecule has 4 aliphatic rings. The quantitative estimate of drug-likeness (QED) is 0.0496. The molecule has 0 N–H and O–H groups in total. The fourth-order valence-corrected chi connectivity index (χ4v) is 17.9. The van der Waals surface area contributed by atoms with Crippen molar-refractivity contribution in [3.05, 3.63) is 20.3 Å². The topological polar surface area (TPSA) is 136 Å². The van der Waals surface area contributed by atoms with Gasteiger partial charge in [-0.05, 0) is 155 Å². The number of aldehydes is 1. The first kappa shape index (κ1) is 79.2. The van der Waals surface area contributed by atoms with Gasteiger partial charge in [0.15, 0.2) is 49.9 Å². The van der Waals surface area contributed by atoms with Crippen LogP contribution in [-0.2, 0) is 59.8 Å². The van der Waals surface area contributed by atoms with Gasteiger partial charge in [-0.25, -0.2) is 0 Å². The molecule has 492 valence electrons. The van der Waals surface area contributed by atoms with Crippen molar-refractivity contribution in [3.63, 3.8) is 0 Å². The van der Waals surface area contributed by atoms with E-state index >= 15 is 0 Å². The lowest BCUT2D eigenvalue weighted by Gasteiger charge is -2.56. The van der Waals surface area contributed by atoms with Crippen LogP contribution in [0, 0.1) is 0 Å². The predicted octanol–water partition coefficient (Wildman–Crippen LogP) is 18.0. The summed E-state index contributed by atoms with van der Waals surface area (Å²) in [5.74, 6) is -0.260. The molecule has 0 aromatic rings. The molecule has 84 heavy (non-hydrogen) atoms. The lowest BCUT2D eigenvalue weighted by Crippen LogP contribution is -2.69. The summed E-state index contributed by atoms with van der Waals surface area (Å²) in [6.07, 6.45) is 4.85. The molecule has 4 rings (SSSR count). The third kappa shape index (κ3) is 20.2. The van der Waals surface area contributed by atoms with Crippen LogP contribution in [0.1, 0.15) is 163 Å². The van der Waals surface area contributed by atoms with Crippen LogP contribution >= 0.6 is 45.2 Å². The third-order valence-corrected chi connectivity index (χ3v) is 48.8. The van der Waals surface area contributed by atoms with Gasteiger partial charge in [0.2, 0.25) is 0 Å². The third-order valence-electron chi connectivity index (χ3n) is 21.2. The van der Waals surface area contributed by atoms with E-state index in [9.17, 15) is 9.59 Å². The Morgan fingerprint density at radius 2 is 0.738 bits per heavy atom. The summed E-state index contributed by atoms with van der Waals surface area (Å²) in [5, 5.41) is 0.0443. The van der Waals surface area contributed by atoms with Crippen LogP contribution in [0.2, 0.25) is 109 Å². The van der Waals surface area contributed by atoms with Crippen LogP contribution in [0.3, 0.4) is 0 Å². The number of hydrogen-bond donors (Lipinski definition) is 0. The molecule has 0 aromatic heterocycles. The largest absolute Gasteiger partial charge is 0.469 e. The van der Waals surface area contributed by atoms with Crippen LogP contribution in [0.25, 0.3) is 0 Å². The summed E-state index contributed by atoms with van der Waals surface area (Å²) in [6.45, 7) is 68.4. The number of esters is 1. The normalized spacial score (nSPS) is 29.4. The van der Waals surface area contributed by atoms with Gasteiger partial charge in [0.1, 0.15) is 55.1 Å². The molecule has 0 saturated carbocycles. The van der Waals surface area contributed by atoms with Gasteiger partial charge in [0, 0.05) is 6.42 Å². The first-order valence-electron chi connectivity index (χ1n) is 31.4. The number of ether oxygens (including phenoxy) is 5. The molecule has 4 saturated heterocycles. The average Bonchev–Trinajstić information content (AvgIpc) is 2.34. The van der Waals surface area contributed by atoms with E-state index in [-0.39, 0.29) is 122 Å². The second-order valence-electron chi connectivity index (χ2n) is 33.8. The van der Waals surface area contributed by atoms with E-state index in [1.807, 2.05) is 4.08 Å². The van der Waals surface area contributed by atoms with Crippen molar-refractivity contribution < 1.29 is 59.8 Å². The van der Waals surface area contributed by atoms with Gasteiger partial charge in [-0.15, -0.1) is 0 Å². The van der Waals surface area contributed by atoms with Gasteiger partial charge >= 0.3 is 5.97 Å². The summed E-state index contributed by atoms with van der Waals surface area (Å²) >= 11 is 4.58. The zero-order chi connectivity index (χ0) is 65.2. The summed E-state index contributed by atoms with van der Waals surface area (Å²) in [6, 6.07) is 0. The molecule has 0 amide bonds. The van der Waals surface area contributed by atoms with Crippen molar-refractivity contribution in [1.29, 1.82) is 0 Å². The van der Waals surface area contributed by atoms with Crippen molar-refractivity contribution in [2.75, 3.05) is 7.11 Å². The SMILES string of the molecule is CC(C)(C)[Si](C)(C)O[C@H]1[C@H]2OC(CC=O)CC[C@@H]2OC([C@H](/C=C/I)O[Si](C)(C)C(C)(C)C)[C@H]1O[Si](C)(C)C(C)(C)C.COC(=O)CC1CC[C@@H]2OC([C@H](/C=C/I)O[Si](C)(C)C(C)(C)C)[C@@H](O[Si](C)(C)C(C)(C)C)[C@@H](O[Si](C)(C)C(C)(C)C)[C@H]2O1. The van der Waals surface area contributed by atoms with E-state index in [2.05, 4.69) is 265 Å². The number of fused-ring (bicyclic) bond motifs is 2. The van der Waals surface area contributed by atoms with Gasteiger partial charge < -0.3 is 55.0 Å². The molecule has 4 aliphatic heterocycles. The highest BCUT2D eigenvalue weighted by Gasteiger charge is 2.60. The fraction of sp³-hybridized carbons (Fsp3) is 0.905. The van der Waals surface area contributed by atoms with Crippen molar-refractivity contribution >= 4 is 107 Å². The summed E-state index contributed by atoms with van der Waals surface area (Å²) < 4.78 is 80.4. The Balaban J connectivity index is 0.000000441. The number of hydrogen-bond acceptors (Lipinski definition) is 13. The molecule has 4 heterocycles. The Hall–Kier alpha value is 0.981. The number of rotatable bonds is 20. The lowest BCUT2D eigenvalue weighted by atomic mass is 9.87. The first-order valence-corrected chi connectivity index (χ1v) is 51.3. The average molecular weight is 1510 g/mol. The van der Waals surface area contributed by atoms with Crippen LogP contribution in [0.5, 0.6) is 0 Å². The molecule has 0 radical (unpaired) electrons. The molecule has 0 aromatic carbocycles. The summed E-state index contributed by atoms with van der Waals surface area (Å²) in [5.41, 5.74) is 0. The summed E-state index contributed by atoms with van der Waals surface area (Å²) in [7, 11) is -12.1. The van der Waals surface area contributed by atoms with E-state index in [0.717, 1.165) is 32.0 Å². The first-order chi connectivity index (χ1) is 37.7. The molecule has 0 bridgehead atoms. The molecule has 4 unspecified atom stereocenters. The Bertz CT molecular complexity index is 2170. The van der Waals surface area contributed by atoms with Crippen LogP contribution in [0.4, 0.5) is 0 Å². The second-order valence-corrected chi connectivity index (χ2v) is 63.7. The minimum atomic E-state index is -2.31. The molecule has 4 fully saturated rings. The molecule has 0 spiro atoms. The van der Waals surface area contributed by atoms with Crippen LogP contribution < -0.4 is 0 Å². The molecule has 13 nitrogen and oxygen atoms in total. The molecule has 14 atom stereocenters. The highest BCUT2D eigenvalue weighted by Crippen LogP contribution is 2.50. The highest BCUT2D eigenvalue weighted by molar-refractivity contribution is 14.1. The second kappa shape index (κ2) is 29.5. The number of carbonyl (C=O) groups excluding carboxylic acids is 2. The zero-order valence-electron chi connectivity index (χ0n) is 58.8. The van der Waals surface area contributed by atoms with Gasteiger partial charge in [-0.1, -0.05) is 170 Å². The van der Waals surface area contributed by atoms with Crippen LogP contribution in [-0.4, -0.2) is 155 Å². The number of carbonyl (C=O) groups is 2. The Labute approximate surface area is 547 Å². The van der Waals surface area contributed by atoms with E-state index in [1.54, 1.807) is 0 Å². The van der Waals surface area contributed by atoms with Gasteiger partial charge in [-0.2, -0.15) is 0 Å². The van der Waals surface area contributed by atoms with Gasteiger partial charge in [0.05, 0.1) is 50.2 Å².